The SMILES string of the molecule is O=C(COc1ccc(F)cc1)NCc1cccnc1-c1cccs1. The van der Waals surface area contributed by atoms with E-state index in [9.17, 15) is 9.18 Å². The molecule has 0 unspecified atom stereocenters. The summed E-state index contributed by atoms with van der Waals surface area (Å²) in [5, 5.41) is 4.80. The lowest BCUT2D eigenvalue weighted by Gasteiger charge is -2.10. The number of hydrogen-bond donors (Lipinski definition) is 1. The minimum absolute atomic E-state index is 0.125. The first-order valence-electron chi connectivity index (χ1n) is 7.35. The monoisotopic (exact) mass is 342 g/mol. The van der Waals surface area contributed by atoms with E-state index in [1.54, 1.807) is 17.5 Å². The minimum Gasteiger partial charge on any atom is -0.484 e. The Morgan fingerprint density at radius 2 is 2.00 bits per heavy atom. The molecule has 3 aromatic rings. The number of nitrogens with one attached hydrogen (secondary N) is 1. The molecule has 122 valence electrons. The molecule has 6 heteroatoms. The average Bonchev–Trinajstić information content (AvgIpc) is 3.14. The van der Waals surface area contributed by atoms with Gasteiger partial charge >= 0.3 is 0 Å². The van der Waals surface area contributed by atoms with Crippen LogP contribution in [0.1, 0.15) is 5.56 Å². The number of thiophene rings is 1. The first-order chi connectivity index (χ1) is 11.7. The van der Waals surface area contributed by atoms with Crippen molar-refractivity contribution in [3.05, 3.63) is 71.5 Å². The van der Waals surface area contributed by atoms with Crippen LogP contribution in [0.25, 0.3) is 10.6 Å². The lowest BCUT2D eigenvalue weighted by Crippen LogP contribution is -2.28. The molecule has 0 bridgehead atoms. The molecular weight excluding hydrogens is 327 g/mol. The van der Waals surface area contributed by atoms with E-state index in [1.165, 1.54) is 24.3 Å². The molecule has 0 saturated carbocycles. The summed E-state index contributed by atoms with van der Waals surface area (Å²) in [7, 11) is 0. The fraction of sp³-hybridized carbons (Fsp3) is 0.111. The molecular formula is C18H15FN2O2S. The Balaban J connectivity index is 1.56. The number of amides is 1. The number of ether oxygens (including phenoxy) is 1. The first-order valence-corrected chi connectivity index (χ1v) is 8.23. The van der Waals surface area contributed by atoms with Crippen LogP contribution in [-0.2, 0) is 11.3 Å². The summed E-state index contributed by atoms with van der Waals surface area (Å²) in [5.74, 6) is -0.142. The Labute approximate surface area is 142 Å². The summed E-state index contributed by atoms with van der Waals surface area (Å²) in [4.78, 5) is 17.4. The number of halogens is 1. The largest absolute Gasteiger partial charge is 0.484 e. The third kappa shape index (κ3) is 4.17. The Morgan fingerprint density at radius 3 is 2.75 bits per heavy atom. The van der Waals surface area contributed by atoms with Crippen LogP contribution in [0, 0.1) is 5.82 Å². The van der Waals surface area contributed by atoms with Crippen molar-refractivity contribution < 1.29 is 13.9 Å². The lowest BCUT2D eigenvalue weighted by molar-refractivity contribution is -0.123. The van der Waals surface area contributed by atoms with Crippen LogP contribution in [0.15, 0.2) is 60.1 Å². The van der Waals surface area contributed by atoms with Crippen LogP contribution in [-0.4, -0.2) is 17.5 Å². The van der Waals surface area contributed by atoms with Gasteiger partial charge in [0.25, 0.3) is 5.91 Å². The summed E-state index contributed by atoms with van der Waals surface area (Å²) in [6, 6.07) is 13.3. The number of pyridine rings is 1. The Kier molecular flexibility index (Phi) is 5.18. The summed E-state index contributed by atoms with van der Waals surface area (Å²) in [6.07, 6.45) is 1.73. The van der Waals surface area contributed by atoms with Gasteiger partial charge < -0.3 is 10.1 Å². The summed E-state index contributed by atoms with van der Waals surface area (Å²) in [6.45, 7) is 0.243. The molecule has 0 fully saturated rings. The van der Waals surface area contributed by atoms with Gasteiger partial charge in [-0.2, -0.15) is 0 Å². The number of carbonyl (C=O) groups excluding carboxylic acids is 1. The number of nitrogens with zero attached hydrogens (tertiary/aromatic N) is 1. The molecule has 0 aliphatic carbocycles. The average molecular weight is 342 g/mol. The highest BCUT2D eigenvalue weighted by Gasteiger charge is 2.09. The van der Waals surface area contributed by atoms with E-state index >= 15 is 0 Å². The Hall–Kier alpha value is -2.73. The quantitative estimate of drug-likeness (QED) is 0.744. The Morgan fingerprint density at radius 1 is 1.17 bits per heavy atom. The van der Waals surface area contributed by atoms with E-state index in [4.69, 9.17) is 4.74 Å². The first kappa shape index (κ1) is 16.1. The molecule has 1 amide bonds. The van der Waals surface area contributed by atoms with Crippen molar-refractivity contribution in [2.75, 3.05) is 6.61 Å². The van der Waals surface area contributed by atoms with E-state index in [0.29, 0.717) is 12.3 Å². The van der Waals surface area contributed by atoms with Crippen LogP contribution in [0.3, 0.4) is 0 Å². The highest BCUT2D eigenvalue weighted by atomic mass is 32.1. The molecule has 3 rings (SSSR count). The van der Waals surface area contributed by atoms with E-state index in [2.05, 4.69) is 10.3 Å². The van der Waals surface area contributed by atoms with Crippen LogP contribution in [0.2, 0.25) is 0 Å². The van der Waals surface area contributed by atoms with Gasteiger partial charge in [-0.25, -0.2) is 4.39 Å². The summed E-state index contributed by atoms with van der Waals surface area (Å²) < 4.78 is 18.1. The number of aromatic nitrogens is 1. The third-order valence-electron chi connectivity index (χ3n) is 3.31. The predicted molar refractivity (Wildman–Crippen MR) is 91.3 cm³/mol. The molecule has 24 heavy (non-hydrogen) atoms. The van der Waals surface area contributed by atoms with Gasteiger partial charge in [-0.3, -0.25) is 9.78 Å². The number of hydrogen-bond acceptors (Lipinski definition) is 4. The van der Waals surface area contributed by atoms with Crippen LogP contribution in [0.5, 0.6) is 5.75 Å². The molecule has 0 saturated heterocycles. The van der Waals surface area contributed by atoms with E-state index in [-0.39, 0.29) is 18.3 Å². The molecule has 4 nitrogen and oxygen atoms in total. The van der Waals surface area contributed by atoms with Crippen LogP contribution >= 0.6 is 11.3 Å². The predicted octanol–water partition coefficient (Wildman–Crippen LogP) is 3.64. The highest BCUT2D eigenvalue weighted by molar-refractivity contribution is 7.13. The third-order valence-corrected chi connectivity index (χ3v) is 4.18. The Bertz CT molecular complexity index is 804. The number of rotatable bonds is 6. The second kappa shape index (κ2) is 7.70. The minimum atomic E-state index is -0.343. The van der Waals surface area contributed by atoms with E-state index < -0.39 is 0 Å². The fourth-order valence-corrected chi connectivity index (χ4v) is 2.90. The molecule has 0 aliphatic rings. The highest BCUT2D eigenvalue weighted by Crippen LogP contribution is 2.25. The second-order valence-corrected chi connectivity index (χ2v) is 5.96. The lowest BCUT2D eigenvalue weighted by atomic mass is 10.1. The van der Waals surface area contributed by atoms with Gasteiger partial charge in [0.15, 0.2) is 6.61 Å². The van der Waals surface area contributed by atoms with Gasteiger partial charge in [0, 0.05) is 12.7 Å². The van der Waals surface area contributed by atoms with Gasteiger partial charge in [0.2, 0.25) is 0 Å². The molecule has 1 aromatic carbocycles. The summed E-state index contributed by atoms with van der Waals surface area (Å²) in [5.41, 5.74) is 1.81. The van der Waals surface area contributed by atoms with Gasteiger partial charge in [-0.15, -0.1) is 11.3 Å². The van der Waals surface area contributed by atoms with Gasteiger partial charge in [0.1, 0.15) is 11.6 Å². The maximum Gasteiger partial charge on any atom is 0.258 e. The fourth-order valence-electron chi connectivity index (χ4n) is 2.14. The van der Waals surface area contributed by atoms with Crippen molar-refractivity contribution in [1.82, 2.24) is 10.3 Å². The van der Waals surface area contributed by atoms with Crippen molar-refractivity contribution in [1.29, 1.82) is 0 Å². The maximum absolute atomic E-state index is 12.8. The van der Waals surface area contributed by atoms with Gasteiger partial charge in [-0.05, 0) is 47.3 Å². The van der Waals surface area contributed by atoms with Crippen molar-refractivity contribution in [3.63, 3.8) is 0 Å². The second-order valence-electron chi connectivity index (χ2n) is 5.01. The molecule has 2 heterocycles. The van der Waals surface area contributed by atoms with E-state index in [1.807, 2.05) is 29.6 Å². The standard InChI is InChI=1S/C18H15FN2O2S/c19-14-5-7-15(8-6-14)23-12-17(22)21-11-13-3-1-9-20-18(13)16-4-2-10-24-16/h1-10H,11-12H2,(H,21,22). The van der Waals surface area contributed by atoms with Crippen molar-refractivity contribution >= 4 is 17.2 Å². The van der Waals surface area contributed by atoms with E-state index in [0.717, 1.165) is 16.1 Å². The molecule has 2 aromatic heterocycles. The number of carbonyl (C=O) groups is 1. The smallest absolute Gasteiger partial charge is 0.258 e. The van der Waals surface area contributed by atoms with Gasteiger partial charge in [0.05, 0.1) is 10.6 Å². The molecule has 0 atom stereocenters. The van der Waals surface area contributed by atoms with Gasteiger partial charge in [-0.1, -0.05) is 12.1 Å². The number of benzene rings is 1. The maximum atomic E-state index is 12.8. The van der Waals surface area contributed by atoms with Crippen molar-refractivity contribution in [2.45, 2.75) is 6.54 Å². The summed E-state index contributed by atoms with van der Waals surface area (Å²) >= 11 is 1.60. The van der Waals surface area contributed by atoms with Crippen LogP contribution < -0.4 is 10.1 Å². The van der Waals surface area contributed by atoms with Crippen molar-refractivity contribution in [3.8, 4) is 16.3 Å². The molecule has 0 radical (unpaired) electrons. The zero-order valence-electron chi connectivity index (χ0n) is 12.7. The topological polar surface area (TPSA) is 51.2 Å². The molecule has 0 aliphatic heterocycles. The molecule has 1 N–H and O–H groups in total. The zero-order chi connectivity index (χ0) is 16.8. The van der Waals surface area contributed by atoms with Crippen LogP contribution in [0.4, 0.5) is 4.39 Å². The van der Waals surface area contributed by atoms with Crippen molar-refractivity contribution in [2.24, 2.45) is 0 Å². The zero-order valence-corrected chi connectivity index (χ0v) is 13.6. The molecule has 0 spiro atoms. The normalized spacial score (nSPS) is 10.4.